The molecule has 1 rings (SSSR count). The standard InChI is InChI=1S/C11H17N3O4/c1-8-3-4-10(14(16)17)11(12-8)13-9(5-6-15)7-18-2/h3-4,9,15H,5-7H2,1-2H3,(H,12,13). The topological polar surface area (TPSA) is 97.5 Å². The van der Waals surface area contributed by atoms with E-state index >= 15 is 0 Å². The van der Waals surface area contributed by atoms with E-state index in [2.05, 4.69) is 10.3 Å². The number of rotatable bonds is 7. The van der Waals surface area contributed by atoms with Gasteiger partial charge in [0, 0.05) is 25.5 Å². The Hall–Kier alpha value is -1.73. The maximum Gasteiger partial charge on any atom is 0.311 e. The lowest BCUT2D eigenvalue weighted by atomic mass is 10.2. The highest BCUT2D eigenvalue weighted by Gasteiger charge is 2.18. The van der Waals surface area contributed by atoms with E-state index in [0.717, 1.165) is 0 Å². The van der Waals surface area contributed by atoms with Crippen molar-refractivity contribution >= 4 is 11.5 Å². The van der Waals surface area contributed by atoms with Crippen molar-refractivity contribution in [3.05, 3.63) is 27.9 Å². The van der Waals surface area contributed by atoms with Crippen LogP contribution in [0.1, 0.15) is 12.1 Å². The van der Waals surface area contributed by atoms with E-state index in [1.807, 2.05) is 0 Å². The number of pyridine rings is 1. The molecule has 7 nitrogen and oxygen atoms in total. The molecule has 2 N–H and O–H groups in total. The van der Waals surface area contributed by atoms with E-state index in [9.17, 15) is 10.1 Å². The molecule has 100 valence electrons. The van der Waals surface area contributed by atoms with Crippen LogP contribution in [0.2, 0.25) is 0 Å². The Labute approximate surface area is 105 Å². The average Bonchev–Trinajstić information content (AvgIpc) is 2.29. The summed E-state index contributed by atoms with van der Waals surface area (Å²) in [6.45, 7) is 2.07. The predicted octanol–water partition coefficient (Wildman–Crippen LogP) is 1.11. The molecule has 1 atom stereocenters. The number of anilines is 1. The highest BCUT2D eigenvalue weighted by atomic mass is 16.6. The van der Waals surface area contributed by atoms with Gasteiger partial charge in [-0.1, -0.05) is 0 Å². The van der Waals surface area contributed by atoms with E-state index in [-0.39, 0.29) is 24.2 Å². The summed E-state index contributed by atoms with van der Waals surface area (Å²) in [6, 6.07) is 2.78. The zero-order valence-corrected chi connectivity index (χ0v) is 10.4. The van der Waals surface area contributed by atoms with E-state index in [0.29, 0.717) is 18.7 Å². The summed E-state index contributed by atoms with van der Waals surface area (Å²) in [6.07, 6.45) is 0.431. The van der Waals surface area contributed by atoms with Gasteiger partial charge in [0.1, 0.15) is 0 Å². The van der Waals surface area contributed by atoms with Crippen LogP contribution in [0.5, 0.6) is 0 Å². The fourth-order valence-corrected chi connectivity index (χ4v) is 1.55. The summed E-state index contributed by atoms with van der Waals surface area (Å²) < 4.78 is 4.99. The first-order chi connectivity index (χ1) is 8.58. The second kappa shape index (κ2) is 6.87. The van der Waals surface area contributed by atoms with Crippen LogP contribution in [0.25, 0.3) is 0 Å². The number of hydrogen-bond acceptors (Lipinski definition) is 6. The monoisotopic (exact) mass is 255 g/mol. The van der Waals surface area contributed by atoms with Crippen molar-refractivity contribution < 1.29 is 14.8 Å². The summed E-state index contributed by atoms with van der Waals surface area (Å²) >= 11 is 0. The van der Waals surface area contributed by atoms with E-state index in [1.165, 1.54) is 13.2 Å². The van der Waals surface area contributed by atoms with Crippen LogP contribution in [0.15, 0.2) is 12.1 Å². The number of aryl methyl sites for hydroxylation is 1. The van der Waals surface area contributed by atoms with Gasteiger partial charge in [-0.05, 0) is 19.4 Å². The molecule has 0 amide bonds. The Bertz CT molecular complexity index is 405. The maximum absolute atomic E-state index is 10.9. The van der Waals surface area contributed by atoms with Crippen molar-refractivity contribution in [3.8, 4) is 0 Å². The van der Waals surface area contributed by atoms with Gasteiger partial charge in [0.15, 0.2) is 0 Å². The lowest BCUT2D eigenvalue weighted by molar-refractivity contribution is -0.384. The minimum atomic E-state index is -0.489. The molecule has 1 heterocycles. The molecule has 0 saturated carbocycles. The molecule has 0 aromatic carbocycles. The maximum atomic E-state index is 10.9. The molecule has 18 heavy (non-hydrogen) atoms. The van der Waals surface area contributed by atoms with Gasteiger partial charge in [0.25, 0.3) is 0 Å². The number of nitrogens with one attached hydrogen (secondary N) is 1. The van der Waals surface area contributed by atoms with Crippen molar-refractivity contribution in [3.63, 3.8) is 0 Å². The van der Waals surface area contributed by atoms with E-state index in [4.69, 9.17) is 9.84 Å². The first kappa shape index (κ1) is 14.3. The molecule has 0 fully saturated rings. The number of nitrogens with zero attached hydrogens (tertiary/aromatic N) is 2. The van der Waals surface area contributed by atoms with Crippen molar-refractivity contribution in [2.24, 2.45) is 0 Å². The third-order valence-corrected chi connectivity index (χ3v) is 2.40. The third kappa shape index (κ3) is 3.94. The molecule has 0 aliphatic heterocycles. The smallest absolute Gasteiger partial charge is 0.311 e. The Balaban J connectivity index is 2.92. The van der Waals surface area contributed by atoms with Gasteiger partial charge in [0.05, 0.1) is 17.6 Å². The van der Waals surface area contributed by atoms with Crippen LogP contribution in [-0.4, -0.2) is 41.4 Å². The van der Waals surface area contributed by atoms with Gasteiger partial charge in [-0.2, -0.15) is 0 Å². The minimum Gasteiger partial charge on any atom is -0.396 e. The van der Waals surface area contributed by atoms with Crippen LogP contribution < -0.4 is 5.32 Å². The Morgan fingerprint density at radius 1 is 1.61 bits per heavy atom. The summed E-state index contributed by atoms with van der Waals surface area (Å²) in [5.74, 6) is 0.204. The third-order valence-electron chi connectivity index (χ3n) is 2.40. The fraction of sp³-hybridized carbons (Fsp3) is 0.545. The van der Waals surface area contributed by atoms with Gasteiger partial charge in [-0.15, -0.1) is 0 Å². The molecule has 1 aromatic heterocycles. The molecule has 1 unspecified atom stereocenters. The van der Waals surface area contributed by atoms with E-state index in [1.54, 1.807) is 13.0 Å². The lowest BCUT2D eigenvalue weighted by Gasteiger charge is -2.17. The SMILES string of the molecule is COCC(CCO)Nc1nc(C)ccc1[N+](=O)[O-]. The van der Waals surface area contributed by atoms with Crippen LogP contribution in [0.3, 0.4) is 0 Å². The van der Waals surface area contributed by atoms with Crippen LogP contribution in [0.4, 0.5) is 11.5 Å². The Kier molecular flexibility index (Phi) is 5.47. The summed E-state index contributed by atoms with van der Waals surface area (Å²) in [5.41, 5.74) is 0.600. The summed E-state index contributed by atoms with van der Waals surface area (Å²) in [4.78, 5) is 14.5. The number of nitro groups is 1. The second-order valence-corrected chi connectivity index (χ2v) is 3.89. The molecular weight excluding hydrogens is 238 g/mol. The van der Waals surface area contributed by atoms with Crippen LogP contribution in [-0.2, 0) is 4.74 Å². The first-order valence-corrected chi connectivity index (χ1v) is 5.56. The molecule has 1 aromatic rings. The number of aliphatic hydroxyl groups excluding tert-OH is 1. The number of hydrogen-bond donors (Lipinski definition) is 2. The normalized spacial score (nSPS) is 12.2. The number of ether oxygens (including phenoxy) is 1. The van der Waals surface area contributed by atoms with Crippen LogP contribution >= 0.6 is 0 Å². The predicted molar refractivity (Wildman–Crippen MR) is 66.6 cm³/mol. The molecule has 0 radical (unpaired) electrons. The van der Waals surface area contributed by atoms with E-state index < -0.39 is 4.92 Å². The van der Waals surface area contributed by atoms with Gasteiger partial charge in [-0.3, -0.25) is 10.1 Å². The number of aromatic nitrogens is 1. The molecule has 0 saturated heterocycles. The molecular formula is C11H17N3O4. The first-order valence-electron chi connectivity index (χ1n) is 5.56. The van der Waals surface area contributed by atoms with Gasteiger partial charge < -0.3 is 15.2 Å². The lowest BCUT2D eigenvalue weighted by Crippen LogP contribution is -2.27. The Morgan fingerprint density at radius 3 is 2.89 bits per heavy atom. The second-order valence-electron chi connectivity index (χ2n) is 3.89. The van der Waals surface area contributed by atoms with Crippen molar-refractivity contribution in [2.45, 2.75) is 19.4 Å². The fourth-order valence-electron chi connectivity index (χ4n) is 1.55. The van der Waals surface area contributed by atoms with Gasteiger partial charge in [-0.25, -0.2) is 4.98 Å². The molecule has 0 bridgehead atoms. The Morgan fingerprint density at radius 2 is 2.33 bits per heavy atom. The zero-order chi connectivity index (χ0) is 13.5. The molecule has 0 aliphatic rings. The highest BCUT2D eigenvalue weighted by molar-refractivity contribution is 5.56. The summed E-state index contributed by atoms with van der Waals surface area (Å²) in [5, 5.41) is 22.7. The largest absolute Gasteiger partial charge is 0.396 e. The van der Waals surface area contributed by atoms with Gasteiger partial charge in [0.2, 0.25) is 5.82 Å². The number of aliphatic hydroxyl groups is 1. The molecule has 0 spiro atoms. The highest BCUT2D eigenvalue weighted by Crippen LogP contribution is 2.23. The summed E-state index contributed by atoms with van der Waals surface area (Å²) in [7, 11) is 1.53. The average molecular weight is 255 g/mol. The minimum absolute atomic E-state index is 0.0271. The van der Waals surface area contributed by atoms with Crippen molar-refractivity contribution in [1.82, 2.24) is 4.98 Å². The van der Waals surface area contributed by atoms with Crippen LogP contribution in [0, 0.1) is 17.0 Å². The van der Waals surface area contributed by atoms with Crippen molar-refractivity contribution in [2.75, 3.05) is 25.6 Å². The quantitative estimate of drug-likeness (QED) is 0.559. The molecule has 7 heteroatoms. The van der Waals surface area contributed by atoms with Gasteiger partial charge >= 0.3 is 5.69 Å². The zero-order valence-electron chi connectivity index (χ0n) is 10.4. The number of methoxy groups -OCH3 is 1. The molecule has 0 aliphatic carbocycles. The van der Waals surface area contributed by atoms with Crippen molar-refractivity contribution in [1.29, 1.82) is 0 Å².